The van der Waals surface area contributed by atoms with Crippen molar-refractivity contribution in [1.82, 2.24) is 4.72 Å². The molecular formula is C11H15NO3S. The molecule has 16 heavy (non-hydrogen) atoms. The summed E-state index contributed by atoms with van der Waals surface area (Å²) in [6.07, 6.45) is 1.54. The van der Waals surface area contributed by atoms with Gasteiger partial charge in [0.25, 0.3) is 0 Å². The van der Waals surface area contributed by atoms with Gasteiger partial charge in [0.1, 0.15) is 0 Å². The van der Waals surface area contributed by atoms with E-state index < -0.39 is 21.8 Å². The molecule has 88 valence electrons. The largest absolute Gasteiger partial charge is 0.273 e. The molecule has 1 rings (SSSR count). The molecule has 0 aliphatic carbocycles. The number of amides is 1. The van der Waals surface area contributed by atoms with Crippen LogP contribution in [0.15, 0.2) is 30.3 Å². The van der Waals surface area contributed by atoms with Crippen molar-refractivity contribution in [2.45, 2.75) is 19.3 Å². The molecule has 1 N–H and O–H groups in total. The zero-order chi connectivity index (χ0) is 12.2. The van der Waals surface area contributed by atoms with Crippen molar-refractivity contribution < 1.29 is 13.2 Å². The maximum absolute atomic E-state index is 11.7. The second kappa shape index (κ2) is 5.12. The van der Waals surface area contributed by atoms with Crippen molar-refractivity contribution in [1.29, 1.82) is 0 Å². The van der Waals surface area contributed by atoms with Crippen LogP contribution in [0.25, 0.3) is 0 Å². The number of nitrogens with one attached hydrogen (secondary N) is 1. The number of carbonyl (C=O) groups excluding carboxylic acids is 1. The minimum absolute atomic E-state index is 0.420. The molecule has 0 saturated heterocycles. The van der Waals surface area contributed by atoms with Crippen LogP contribution in [-0.4, -0.2) is 20.6 Å². The van der Waals surface area contributed by atoms with Gasteiger partial charge in [-0.2, -0.15) is 0 Å². The predicted molar refractivity (Wildman–Crippen MR) is 62.5 cm³/mol. The third kappa shape index (κ3) is 3.66. The molecular weight excluding hydrogens is 226 g/mol. The van der Waals surface area contributed by atoms with E-state index in [1.54, 1.807) is 0 Å². The minimum atomic E-state index is -3.49. The fourth-order valence-corrected chi connectivity index (χ4v) is 2.02. The van der Waals surface area contributed by atoms with E-state index in [1.165, 1.54) is 0 Å². The number of benzene rings is 1. The van der Waals surface area contributed by atoms with Crippen molar-refractivity contribution in [3.63, 3.8) is 0 Å². The first-order valence-electron chi connectivity index (χ1n) is 5.00. The standard InChI is InChI=1S/C11H15NO3S/c1-3-10(9-7-5-4-6-8-9)11(13)12-16(2,14)15/h4-8,10H,3H2,1-2H3,(H,12,13)/t10-/m1/s1. The van der Waals surface area contributed by atoms with Crippen LogP contribution in [0, 0.1) is 0 Å². The zero-order valence-electron chi connectivity index (χ0n) is 9.30. The molecule has 0 aliphatic rings. The summed E-state index contributed by atoms with van der Waals surface area (Å²) in [7, 11) is -3.49. The van der Waals surface area contributed by atoms with Gasteiger partial charge in [0.05, 0.1) is 12.2 Å². The highest BCUT2D eigenvalue weighted by molar-refractivity contribution is 7.89. The fraction of sp³-hybridized carbons (Fsp3) is 0.364. The Morgan fingerprint density at radius 1 is 1.31 bits per heavy atom. The summed E-state index contributed by atoms with van der Waals surface area (Å²) in [6.45, 7) is 1.85. The summed E-state index contributed by atoms with van der Waals surface area (Å²) < 4.78 is 23.9. The maximum Gasteiger partial charge on any atom is 0.240 e. The molecule has 1 aromatic carbocycles. The average Bonchev–Trinajstić information content (AvgIpc) is 2.17. The zero-order valence-corrected chi connectivity index (χ0v) is 10.1. The Kier molecular flexibility index (Phi) is 4.06. The van der Waals surface area contributed by atoms with Crippen LogP contribution in [-0.2, 0) is 14.8 Å². The first-order valence-corrected chi connectivity index (χ1v) is 6.89. The SMILES string of the molecule is CC[C@@H](C(=O)NS(C)(=O)=O)c1ccccc1. The van der Waals surface area contributed by atoms with Crippen LogP contribution in [0.5, 0.6) is 0 Å². The van der Waals surface area contributed by atoms with E-state index in [4.69, 9.17) is 0 Å². The lowest BCUT2D eigenvalue weighted by atomic mass is 9.96. The van der Waals surface area contributed by atoms with Crippen molar-refractivity contribution >= 4 is 15.9 Å². The van der Waals surface area contributed by atoms with Gasteiger partial charge in [-0.15, -0.1) is 0 Å². The van der Waals surface area contributed by atoms with Gasteiger partial charge >= 0.3 is 0 Å². The van der Waals surface area contributed by atoms with Crippen LogP contribution in [0.2, 0.25) is 0 Å². The summed E-state index contributed by atoms with van der Waals surface area (Å²) in [5.41, 5.74) is 0.825. The molecule has 0 unspecified atom stereocenters. The van der Waals surface area contributed by atoms with Crippen LogP contribution in [0.4, 0.5) is 0 Å². The molecule has 0 bridgehead atoms. The lowest BCUT2D eigenvalue weighted by Gasteiger charge is -2.14. The summed E-state index contributed by atoms with van der Waals surface area (Å²) >= 11 is 0. The Morgan fingerprint density at radius 3 is 2.31 bits per heavy atom. The summed E-state index contributed by atoms with van der Waals surface area (Å²) in [6, 6.07) is 9.13. The van der Waals surface area contributed by atoms with E-state index in [0.29, 0.717) is 6.42 Å². The summed E-state index contributed by atoms with van der Waals surface area (Å²) in [5.74, 6) is -0.896. The predicted octanol–water partition coefficient (Wildman–Crippen LogP) is 1.26. The second-order valence-electron chi connectivity index (χ2n) is 3.61. The molecule has 0 fully saturated rings. The summed E-state index contributed by atoms with van der Waals surface area (Å²) in [4.78, 5) is 11.7. The van der Waals surface area contributed by atoms with Gasteiger partial charge in [-0.1, -0.05) is 37.3 Å². The third-order valence-electron chi connectivity index (χ3n) is 2.21. The van der Waals surface area contributed by atoms with Gasteiger partial charge in [-0.3, -0.25) is 9.52 Å². The lowest BCUT2D eigenvalue weighted by Crippen LogP contribution is -2.33. The van der Waals surface area contributed by atoms with E-state index in [-0.39, 0.29) is 0 Å². The fourth-order valence-electron chi connectivity index (χ4n) is 1.51. The molecule has 1 amide bonds. The molecule has 5 heteroatoms. The Morgan fingerprint density at radius 2 is 1.88 bits per heavy atom. The average molecular weight is 241 g/mol. The van der Waals surface area contributed by atoms with Crippen molar-refractivity contribution in [2.75, 3.05) is 6.26 Å². The summed E-state index contributed by atoms with van der Waals surface area (Å²) in [5, 5.41) is 0. The highest BCUT2D eigenvalue weighted by atomic mass is 32.2. The smallest absolute Gasteiger partial charge is 0.240 e. The van der Waals surface area contributed by atoms with Gasteiger partial charge < -0.3 is 0 Å². The Labute approximate surface area is 95.7 Å². The molecule has 0 spiro atoms. The number of carbonyl (C=O) groups is 1. The van der Waals surface area contributed by atoms with E-state index in [0.717, 1.165) is 11.8 Å². The molecule has 0 saturated carbocycles. The lowest BCUT2D eigenvalue weighted by molar-refractivity contribution is -0.120. The molecule has 0 aromatic heterocycles. The molecule has 0 heterocycles. The first-order chi connectivity index (χ1) is 7.44. The number of sulfonamides is 1. The van der Waals surface area contributed by atoms with Crippen LogP contribution in [0.1, 0.15) is 24.8 Å². The highest BCUT2D eigenvalue weighted by Gasteiger charge is 2.20. The molecule has 4 nitrogen and oxygen atoms in total. The molecule has 1 atom stereocenters. The van der Waals surface area contributed by atoms with Crippen molar-refractivity contribution in [3.05, 3.63) is 35.9 Å². The van der Waals surface area contributed by atoms with Gasteiger partial charge in [-0.25, -0.2) is 8.42 Å². The number of hydrogen-bond donors (Lipinski definition) is 1. The van der Waals surface area contributed by atoms with Crippen LogP contribution < -0.4 is 4.72 Å². The van der Waals surface area contributed by atoms with E-state index in [1.807, 2.05) is 42.0 Å². The van der Waals surface area contributed by atoms with Gasteiger partial charge in [0.15, 0.2) is 0 Å². The Hall–Kier alpha value is -1.36. The van der Waals surface area contributed by atoms with Crippen LogP contribution in [0.3, 0.4) is 0 Å². The van der Waals surface area contributed by atoms with Crippen molar-refractivity contribution in [3.8, 4) is 0 Å². The molecule has 0 aliphatic heterocycles. The monoisotopic (exact) mass is 241 g/mol. The normalized spacial score (nSPS) is 13.1. The van der Waals surface area contributed by atoms with E-state index in [2.05, 4.69) is 0 Å². The molecule has 0 radical (unpaired) electrons. The van der Waals surface area contributed by atoms with Gasteiger partial charge in [0.2, 0.25) is 15.9 Å². The number of rotatable bonds is 4. The van der Waals surface area contributed by atoms with Crippen LogP contribution >= 0.6 is 0 Å². The van der Waals surface area contributed by atoms with E-state index >= 15 is 0 Å². The van der Waals surface area contributed by atoms with Crippen molar-refractivity contribution in [2.24, 2.45) is 0 Å². The highest BCUT2D eigenvalue weighted by Crippen LogP contribution is 2.19. The second-order valence-corrected chi connectivity index (χ2v) is 5.36. The topological polar surface area (TPSA) is 63.2 Å². The number of hydrogen-bond acceptors (Lipinski definition) is 3. The first kappa shape index (κ1) is 12.7. The Bertz CT molecular complexity index is 453. The van der Waals surface area contributed by atoms with E-state index in [9.17, 15) is 13.2 Å². The quantitative estimate of drug-likeness (QED) is 0.863. The Balaban J connectivity index is 2.88. The third-order valence-corrected chi connectivity index (χ3v) is 2.78. The maximum atomic E-state index is 11.7. The van der Waals surface area contributed by atoms with Gasteiger partial charge in [-0.05, 0) is 12.0 Å². The minimum Gasteiger partial charge on any atom is -0.273 e. The molecule has 1 aromatic rings. The van der Waals surface area contributed by atoms with Gasteiger partial charge in [0, 0.05) is 0 Å².